The SMILES string of the molecule is CC=Cc1ccc2c(c1F)Cc1c(F)cccc1-2. The standard InChI is InChI=1S/C16H12F2/c1-2-4-10-7-8-12-11-5-3-6-15(17)13(11)9-14(12)16(10)18/h2-8H,9H2,1H3. The second kappa shape index (κ2) is 4.05. The van der Waals surface area contributed by atoms with E-state index in [1.54, 1.807) is 24.3 Å². The molecule has 0 aromatic heterocycles. The van der Waals surface area contributed by atoms with Crippen molar-refractivity contribution in [2.45, 2.75) is 13.3 Å². The third kappa shape index (κ3) is 1.49. The molecule has 0 saturated heterocycles. The van der Waals surface area contributed by atoms with Gasteiger partial charge < -0.3 is 0 Å². The van der Waals surface area contributed by atoms with Gasteiger partial charge in [0.1, 0.15) is 11.6 Å². The van der Waals surface area contributed by atoms with Crippen LogP contribution in [0.5, 0.6) is 0 Å². The van der Waals surface area contributed by atoms with Gasteiger partial charge in [-0.15, -0.1) is 0 Å². The maximum atomic E-state index is 14.3. The van der Waals surface area contributed by atoms with Crippen molar-refractivity contribution in [3.63, 3.8) is 0 Å². The van der Waals surface area contributed by atoms with E-state index in [4.69, 9.17) is 0 Å². The zero-order valence-corrected chi connectivity index (χ0v) is 10.0. The third-order valence-electron chi connectivity index (χ3n) is 3.38. The molecule has 0 saturated carbocycles. The predicted molar refractivity (Wildman–Crippen MR) is 69.3 cm³/mol. The summed E-state index contributed by atoms with van der Waals surface area (Å²) in [4.78, 5) is 0. The lowest BCUT2D eigenvalue weighted by atomic mass is 10.0. The highest BCUT2D eigenvalue weighted by molar-refractivity contribution is 5.78. The Labute approximate surface area is 105 Å². The maximum Gasteiger partial charge on any atom is 0.134 e. The van der Waals surface area contributed by atoms with Crippen LogP contribution in [0.2, 0.25) is 0 Å². The first-order chi connectivity index (χ1) is 8.72. The van der Waals surface area contributed by atoms with E-state index in [1.807, 2.05) is 19.1 Å². The van der Waals surface area contributed by atoms with E-state index in [0.29, 0.717) is 23.1 Å². The number of benzene rings is 2. The first-order valence-electron chi connectivity index (χ1n) is 5.94. The molecule has 90 valence electrons. The fraction of sp³-hybridized carbons (Fsp3) is 0.125. The van der Waals surface area contributed by atoms with Gasteiger partial charge in [-0.1, -0.05) is 36.4 Å². The lowest BCUT2D eigenvalue weighted by Gasteiger charge is -2.04. The van der Waals surface area contributed by atoms with Crippen molar-refractivity contribution < 1.29 is 8.78 Å². The van der Waals surface area contributed by atoms with E-state index in [-0.39, 0.29) is 11.6 Å². The van der Waals surface area contributed by atoms with Crippen LogP contribution in [0.3, 0.4) is 0 Å². The van der Waals surface area contributed by atoms with Gasteiger partial charge in [0.25, 0.3) is 0 Å². The van der Waals surface area contributed by atoms with E-state index < -0.39 is 0 Å². The third-order valence-corrected chi connectivity index (χ3v) is 3.38. The van der Waals surface area contributed by atoms with Crippen LogP contribution < -0.4 is 0 Å². The molecule has 0 bridgehead atoms. The highest BCUT2D eigenvalue weighted by atomic mass is 19.1. The molecular weight excluding hydrogens is 230 g/mol. The summed E-state index contributed by atoms with van der Waals surface area (Å²) < 4.78 is 28.0. The Bertz CT molecular complexity index is 654. The van der Waals surface area contributed by atoms with E-state index in [9.17, 15) is 8.78 Å². The first kappa shape index (κ1) is 11.1. The normalized spacial score (nSPS) is 12.8. The van der Waals surface area contributed by atoms with Crippen molar-refractivity contribution in [2.24, 2.45) is 0 Å². The minimum atomic E-state index is -0.254. The van der Waals surface area contributed by atoms with E-state index >= 15 is 0 Å². The molecule has 2 aromatic carbocycles. The minimum absolute atomic E-state index is 0.235. The smallest absolute Gasteiger partial charge is 0.134 e. The Balaban J connectivity index is 2.23. The molecule has 0 radical (unpaired) electrons. The number of hydrogen-bond acceptors (Lipinski definition) is 0. The fourth-order valence-corrected chi connectivity index (χ4v) is 2.54. The van der Waals surface area contributed by atoms with Crippen molar-refractivity contribution in [3.05, 3.63) is 64.7 Å². The van der Waals surface area contributed by atoms with Crippen LogP contribution in [0.25, 0.3) is 17.2 Å². The molecule has 0 atom stereocenters. The monoisotopic (exact) mass is 242 g/mol. The Morgan fingerprint density at radius 3 is 2.56 bits per heavy atom. The number of halogens is 2. The summed E-state index contributed by atoms with van der Waals surface area (Å²) in [5.74, 6) is -0.489. The summed E-state index contributed by atoms with van der Waals surface area (Å²) in [5, 5.41) is 0. The summed E-state index contributed by atoms with van der Waals surface area (Å²) in [5.41, 5.74) is 3.39. The number of allylic oxidation sites excluding steroid dienone is 1. The molecule has 0 fully saturated rings. The average Bonchev–Trinajstić information content (AvgIpc) is 2.74. The number of hydrogen-bond donors (Lipinski definition) is 0. The summed E-state index contributed by atoms with van der Waals surface area (Å²) in [6.45, 7) is 1.85. The van der Waals surface area contributed by atoms with Gasteiger partial charge in [-0.05, 0) is 24.1 Å². The van der Waals surface area contributed by atoms with Gasteiger partial charge in [0.2, 0.25) is 0 Å². The predicted octanol–water partition coefficient (Wildman–Crippen LogP) is 4.57. The van der Waals surface area contributed by atoms with Crippen LogP contribution in [-0.2, 0) is 6.42 Å². The van der Waals surface area contributed by atoms with Crippen molar-refractivity contribution in [1.29, 1.82) is 0 Å². The zero-order valence-electron chi connectivity index (χ0n) is 10.0. The lowest BCUT2D eigenvalue weighted by molar-refractivity contribution is 0.603. The van der Waals surface area contributed by atoms with Gasteiger partial charge in [0, 0.05) is 23.1 Å². The maximum absolute atomic E-state index is 14.3. The topological polar surface area (TPSA) is 0 Å². The van der Waals surface area contributed by atoms with Gasteiger partial charge in [-0.2, -0.15) is 0 Å². The molecule has 0 unspecified atom stereocenters. The summed E-state index contributed by atoms with van der Waals surface area (Å²) >= 11 is 0. The summed E-state index contributed by atoms with van der Waals surface area (Å²) in [7, 11) is 0. The van der Waals surface area contributed by atoms with Gasteiger partial charge in [-0.25, -0.2) is 8.78 Å². The molecular formula is C16H12F2. The zero-order chi connectivity index (χ0) is 12.7. The van der Waals surface area contributed by atoms with Crippen LogP contribution >= 0.6 is 0 Å². The average molecular weight is 242 g/mol. The van der Waals surface area contributed by atoms with E-state index in [0.717, 1.165) is 11.1 Å². The second-order valence-electron chi connectivity index (χ2n) is 4.44. The summed E-state index contributed by atoms with van der Waals surface area (Å²) in [6, 6.07) is 8.56. The molecule has 0 nitrogen and oxygen atoms in total. The Morgan fingerprint density at radius 2 is 1.78 bits per heavy atom. The van der Waals surface area contributed by atoms with Gasteiger partial charge in [-0.3, -0.25) is 0 Å². The minimum Gasteiger partial charge on any atom is -0.207 e. The molecule has 18 heavy (non-hydrogen) atoms. The van der Waals surface area contributed by atoms with Crippen molar-refractivity contribution >= 4 is 6.08 Å². The second-order valence-corrected chi connectivity index (χ2v) is 4.44. The molecule has 0 spiro atoms. The molecule has 2 aromatic rings. The van der Waals surface area contributed by atoms with Gasteiger partial charge in [0.15, 0.2) is 0 Å². The van der Waals surface area contributed by atoms with Gasteiger partial charge >= 0.3 is 0 Å². The van der Waals surface area contributed by atoms with Gasteiger partial charge in [0.05, 0.1) is 0 Å². The van der Waals surface area contributed by atoms with Crippen molar-refractivity contribution in [3.8, 4) is 11.1 Å². The molecule has 0 heterocycles. The molecule has 1 aliphatic carbocycles. The number of rotatable bonds is 1. The molecule has 0 aliphatic heterocycles. The molecule has 1 aliphatic rings. The Kier molecular flexibility index (Phi) is 2.51. The Hall–Kier alpha value is -1.96. The number of fused-ring (bicyclic) bond motifs is 3. The van der Waals surface area contributed by atoms with Crippen LogP contribution in [0.15, 0.2) is 36.4 Å². The van der Waals surface area contributed by atoms with Crippen LogP contribution in [0.1, 0.15) is 23.6 Å². The molecule has 3 rings (SSSR count). The van der Waals surface area contributed by atoms with Crippen LogP contribution in [0, 0.1) is 11.6 Å². The van der Waals surface area contributed by atoms with Crippen molar-refractivity contribution in [1.82, 2.24) is 0 Å². The first-order valence-corrected chi connectivity index (χ1v) is 5.94. The van der Waals surface area contributed by atoms with Crippen molar-refractivity contribution in [2.75, 3.05) is 0 Å². The molecule has 0 N–H and O–H groups in total. The van der Waals surface area contributed by atoms with E-state index in [1.165, 1.54) is 6.07 Å². The highest BCUT2D eigenvalue weighted by Gasteiger charge is 2.24. The molecule has 2 heteroatoms. The largest absolute Gasteiger partial charge is 0.207 e. The van der Waals surface area contributed by atoms with Crippen LogP contribution in [-0.4, -0.2) is 0 Å². The van der Waals surface area contributed by atoms with E-state index in [2.05, 4.69) is 0 Å². The Morgan fingerprint density at radius 1 is 1.00 bits per heavy atom. The van der Waals surface area contributed by atoms with Crippen LogP contribution in [0.4, 0.5) is 8.78 Å². The lowest BCUT2D eigenvalue weighted by Crippen LogP contribution is -1.92. The quantitative estimate of drug-likeness (QED) is 0.586. The molecule has 0 amide bonds. The highest BCUT2D eigenvalue weighted by Crippen LogP contribution is 2.39. The fourth-order valence-electron chi connectivity index (χ4n) is 2.54. The summed E-state index contributed by atoms with van der Waals surface area (Å²) in [6.07, 6.45) is 3.87.